The van der Waals surface area contributed by atoms with Crippen LogP contribution in [0.3, 0.4) is 0 Å². The van der Waals surface area contributed by atoms with Crippen molar-refractivity contribution in [2.75, 3.05) is 12.4 Å². The van der Waals surface area contributed by atoms with Crippen molar-refractivity contribution >= 4 is 44.0 Å². The molecule has 31 heavy (non-hydrogen) atoms. The molecule has 9 nitrogen and oxygen atoms in total. The molecule has 1 aromatic heterocycles. The lowest BCUT2D eigenvalue weighted by Gasteiger charge is -2.05. The summed E-state index contributed by atoms with van der Waals surface area (Å²) in [5.41, 5.74) is 1.51. The number of carbonyl (C=O) groups is 1. The van der Waals surface area contributed by atoms with E-state index in [1.54, 1.807) is 12.1 Å². The number of nitrogens with one attached hydrogen (secondary N) is 1. The van der Waals surface area contributed by atoms with Crippen LogP contribution in [0.15, 0.2) is 63.8 Å². The fraction of sp³-hybridized carbons (Fsp3) is 0.100. The number of aromatic nitrogens is 1. The van der Waals surface area contributed by atoms with Gasteiger partial charge in [-0.15, -0.1) is 0 Å². The zero-order valence-electron chi connectivity index (χ0n) is 16.4. The summed E-state index contributed by atoms with van der Waals surface area (Å²) in [6, 6.07) is 10.1. The average molecular weight is 460 g/mol. The lowest BCUT2D eigenvalue weighted by atomic mass is 10.1. The molecule has 0 radical (unpaired) electrons. The first kappa shape index (κ1) is 22.1. The maximum atomic E-state index is 12.7. The van der Waals surface area contributed by atoms with Gasteiger partial charge in [-0.25, -0.2) is 13.4 Å². The van der Waals surface area contributed by atoms with Gasteiger partial charge in [0.05, 0.1) is 23.1 Å². The number of carbonyl (C=O) groups excluding carboxylic acids is 1. The second-order valence-electron chi connectivity index (χ2n) is 6.31. The molecule has 160 valence electrons. The van der Waals surface area contributed by atoms with Crippen molar-refractivity contribution in [2.45, 2.75) is 16.0 Å². The maximum Gasteiger partial charge on any atom is 0.269 e. The fourth-order valence-corrected chi connectivity index (χ4v) is 5.04. The maximum absolute atomic E-state index is 12.7. The molecule has 0 aliphatic rings. The molecule has 3 rings (SSSR count). The largest absolute Gasteiger partial charge is 0.496 e. The summed E-state index contributed by atoms with van der Waals surface area (Å²) in [5.74, 6) is 0.123. The van der Waals surface area contributed by atoms with Gasteiger partial charge in [0, 0.05) is 23.8 Å². The van der Waals surface area contributed by atoms with Gasteiger partial charge in [-0.2, -0.15) is 0 Å². The Hall–Kier alpha value is -3.57. The number of rotatable bonds is 7. The molecule has 3 aromatic rings. The van der Waals surface area contributed by atoms with Gasteiger partial charge in [-0.1, -0.05) is 23.0 Å². The van der Waals surface area contributed by atoms with Gasteiger partial charge in [0.1, 0.15) is 9.96 Å². The summed E-state index contributed by atoms with van der Waals surface area (Å²) < 4.78 is 30.5. The predicted octanol–water partition coefficient (Wildman–Crippen LogP) is 3.85. The number of anilines is 1. The lowest BCUT2D eigenvalue weighted by molar-refractivity contribution is -0.384. The number of thiazole rings is 1. The SMILES string of the molecule is COc1ccc(C)cc1/C=C/C(=O)Nc1ncc(S(=O)(=O)c2ccc([N+](=O)[O-])cc2)s1. The predicted molar refractivity (Wildman–Crippen MR) is 116 cm³/mol. The smallest absolute Gasteiger partial charge is 0.269 e. The summed E-state index contributed by atoms with van der Waals surface area (Å²) in [7, 11) is -2.39. The molecule has 1 N–H and O–H groups in total. The summed E-state index contributed by atoms with van der Waals surface area (Å²) in [5, 5.41) is 13.4. The zero-order chi connectivity index (χ0) is 22.6. The number of hydrogen-bond donors (Lipinski definition) is 1. The number of ether oxygens (including phenoxy) is 1. The van der Waals surface area contributed by atoms with Crippen molar-refractivity contribution in [1.29, 1.82) is 0 Å². The molecule has 1 heterocycles. The van der Waals surface area contributed by atoms with Crippen LogP contribution in [-0.2, 0) is 14.6 Å². The number of nitrogens with zero attached hydrogens (tertiary/aromatic N) is 2. The highest BCUT2D eigenvalue weighted by molar-refractivity contribution is 7.93. The second kappa shape index (κ2) is 9.06. The first-order valence-electron chi connectivity index (χ1n) is 8.80. The molecular weight excluding hydrogens is 442 g/mol. The molecule has 0 aliphatic heterocycles. The minimum atomic E-state index is -3.92. The Labute approximate surface area is 182 Å². The molecule has 0 fully saturated rings. The second-order valence-corrected chi connectivity index (χ2v) is 9.51. The van der Waals surface area contributed by atoms with Crippen LogP contribution in [0.5, 0.6) is 5.75 Å². The molecule has 2 aromatic carbocycles. The van der Waals surface area contributed by atoms with Gasteiger partial charge in [0.25, 0.3) is 5.69 Å². The monoisotopic (exact) mass is 459 g/mol. The highest BCUT2D eigenvalue weighted by atomic mass is 32.2. The van der Waals surface area contributed by atoms with Crippen LogP contribution in [-0.4, -0.2) is 31.3 Å². The summed E-state index contributed by atoms with van der Waals surface area (Å²) in [6.07, 6.45) is 4.01. The summed E-state index contributed by atoms with van der Waals surface area (Å²) in [4.78, 5) is 26.2. The van der Waals surface area contributed by atoms with E-state index in [9.17, 15) is 23.3 Å². The number of nitro benzene ring substituents is 1. The normalized spacial score (nSPS) is 11.4. The van der Waals surface area contributed by atoms with Gasteiger partial charge in [0.2, 0.25) is 15.7 Å². The lowest BCUT2D eigenvalue weighted by Crippen LogP contribution is -2.07. The highest BCUT2D eigenvalue weighted by Gasteiger charge is 2.22. The Kier molecular flexibility index (Phi) is 6.47. The molecule has 0 saturated heterocycles. The van der Waals surface area contributed by atoms with E-state index in [-0.39, 0.29) is 19.9 Å². The van der Waals surface area contributed by atoms with E-state index >= 15 is 0 Å². The van der Waals surface area contributed by atoms with Crippen molar-refractivity contribution in [3.05, 3.63) is 76.0 Å². The Balaban J connectivity index is 1.74. The van der Waals surface area contributed by atoms with Crippen LogP contribution in [0.1, 0.15) is 11.1 Å². The molecule has 0 atom stereocenters. The zero-order valence-corrected chi connectivity index (χ0v) is 18.1. The average Bonchev–Trinajstić information content (AvgIpc) is 3.21. The van der Waals surface area contributed by atoms with E-state index < -0.39 is 20.7 Å². The third-order valence-corrected chi connectivity index (χ3v) is 7.28. The van der Waals surface area contributed by atoms with Gasteiger partial charge in [-0.05, 0) is 37.3 Å². The van der Waals surface area contributed by atoms with E-state index in [2.05, 4.69) is 10.3 Å². The van der Waals surface area contributed by atoms with E-state index in [1.165, 1.54) is 13.2 Å². The van der Waals surface area contributed by atoms with Gasteiger partial charge >= 0.3 is 0 Å². The van der Waals surface area contributed by atoms with Crippen molar-refractivity contribution in [2.24, 2.45) is 0 Å². The van der Waals surface area contributed by atoms with Gasteiger partial charge in [-0.3, -0.25) is 20.2 Å². The molecule has 0 bridgehead atoms. The number of amides is 1. The Morgan fingerprint density at radius 2 is 1.94 bits per heavy atom. The number of benzene rings is 2. The number of sulfone groups is 1. The number of methoxy groups -OCH3 is 1. The van der Waals surface area contributed by atoms with Crippen LogP contribution in [0.4, 0.5) is 10.8 Å². The summed E-state index contributed by atoms with van der Waals surface area (Å²) >= 11 is 0.782. The molecule has 1 amide bonds. The Bertz CT molecular complexity index is 1260. The number of non-ortho nitro benzene ring substituents is 1. The van der Waals surface area contributed by atoms with E-state index in [1.807, 2.05) is 19.1 Å². The molecular formula is C20H17N3O6S2. The molecule has 0 unspecified atom stereocenters. The Morgan fingerprint density at radius 1 is 1.23 bits per heavy atom. The third-order valence-electron chi connectivity index (χ3n) is 4.14. The molecule has 11 heteroatoms. The van der Waals surface area contributed by atoms with Crippen LogP contribution in [0.2, 0.25) is 0 Å². The number of aryl methyl sites for hydroxylation is 1. The van der Waals surface area contributed by atoms with Crippen LogP contribution in [0, 0.1) is 17.0 Å². The van der Waals surface area contributed by atoms with E-state index in [4.69, 9.17) is 4.74 Å². The van der Waals surface area contributed by atoms with Crippen molar-refractivity contribution in [3.63, 3.8) is 0 Å². The first-order chi connectivity index (χ1) is 14.7. The van der Waals surface area contributed by atoms with E-state index in [0.717, 1.165) is 52.9 Å². The minimum Gasteiger partial charge on any atom is -0.496 e. The molecule has 0 saturated carbocycles. The summed E-state index contributed by atoms with van der Waals surface area (Å²) in [6.45, 7) is 1.92. The van der Waals surface area contributed by atoms with Crippen LogP contribution >= 0.6 is 11.3 Å². The standard InChI is InChI=1S/C20H17N3O6S2/c1-13-3-9-17(29-2)14(11-13)4-10-18(24)22-20-21-12-19(30-20)31(27,28)16-7-5-15(6-8-16)23(25)26/h3-12H,1-2H3,(H,21,22,24)/b10-4+. The number of hydrogen-bond acceptors (Lipinski definition) is 8. The van der Waals surface area contributed by atoms with Crippen molar-refractivity contribution < 1.29 is 22.9 Å². The van der Waals surface area contributed by atoms with Crippen LogP contribution in [0.25, 0.3) is 6.08 Å². The van der Waals surface area contributed by atoms with Crippen LogP contribution < -0.4 is 10.1 Å². The van der Waals surface area contributed by atoms with Crippen molar-refractivity contribution in [3.8, 4) is 5.75 Å². The first-order valence-corrected chi connectivity index (χ1v) is 11.1. The third kappa shape index (κ3) is 5.13. The quantitative estimate of drug-likeness (QED) is 0.323. The fourth-order valence-electron chi connectivity index (χ4n) is 2.60. The van der Waals surface area contributed by atoms with Gasteiger partial charge < -0.3 is 4.74 Å². The topological polar surface area (TPSA) is 128 Å². The molecule has 0 aliphatic carbocycles. The number of nitro groups is 1. The van der Waals surface area contributed by atoms with E-state index in [0.29, 0.717) is 5.75 Å². The van der Waals surface area contributed by atoms with Gasteiger partial charge in [0.15, 0.2) is 5.13 Å². The minimum absolute atomic E-state index is 0.0963. The molecule has 0 spiro atoms. The van der Waals surface area contributed by atoms with Crippen molar-refractivity contribution in [1.82, 2.24) is 4.98 Å². The highest BCUT2D eigenvalue weighted by Crippen LogP contribution is 2.29. The Morgan fingerprint density at radius 3 is 2.58 bits per heavy atom.